The number of rotatable bonds is 4. The lowest BCUT2D eigenvalue weighted by Gasteiger charge is -2.35. The van der Waals surface area contributed by atoms with Crippen molar-refractivity contribution in [1.82, 2.24) is 24.4 Å². The van der Waals surface area contributed by atoms with Gasteiger partial charge in [-0.05, 0) is 69.6 Å². The van der Waals surface area contributed by atoms with E-state index in [9.17, 15) is 4.79 Å². The third-order valence-electron chi connectivity index (χ3n) is 8.07. The Balaban J connectivity index is 1.34. The number of aromatic nitrogens is 4. The Labute approximate surface area is 210 Å². The van der Waals surface area contributed by atoms with Crippen LogP contribution in [0.5, 0.6) is 0 Å². The van der Waals surface area contributed by atoms with Crippen LogP contribution in [-0.4, -0.2) is 70.9 Å². The molecule has 2 aliphatic rings. The average molecular weight is 487 g/mol. The second-order valence-electron chi connectivity index (χ2n) is 10.4. The minimum Gasteiger partial charge on any atom is -0.381 e. The summed E-state index contributed by atoms with van der Waals surface area (Å²) in [6.45, 7) is 3.54. The molecule has 4 aromatic rings. The van der Waals surface area contributed by atoms with Crippen molar-refractivity contribution in [3.63, 3.8) is 0 Å². The van der Waals surface area contributed by atoms with Crippen molar-refractivity contribution in [3.8, 4) is 11.1 Å². The maximum atomic E-state index is 12.7. The first-order valence-electron chi connectivity index (χ1n) is 13.0. The van der Waals surface area contributed by atoms with E-state index < -0.39 is 0 Å². The number of hydrogen-bond donors (Lipinski definition) is 1. The highest BCUT2D eigenvalue weighted by Gasteiger charge is 2.24. The van der Waals surface area contributed by atoms with E-state index >= 15 is 0 Å². The number of anilines is 1. The molecule has 6 rings (SSSR count). The van der Waals surface area contributed by atoms with Gasteiger partial charge in [-0.15, -0.1) is 0 Å². The van der Waals surface area contributed by atoms with E-state index in [1.54, 1.807) is 4.57 Å². The molecule has 2 aliphatic heterocycles. The molecule has 0 radical (unpaired) electrons. The Hall–Kier alpha value is -3.23. The van der Waals surface area contributed by atoms with Crippen molar-refractivity contribution in [3.05, 3.63) is 52.7 Å². The van der Waals surface area contributed by atoms with Crippen molar-refractivity contribution in [2.24, 2.45) is 7.05 Å². The maximum Gasteiger partial charge on any atom is 0.326 e. The number of aromatic amines is 1. The van der Waals surface area contributed by atoms with Crippen LogP contribution in [0.15, 0.2) is 41.3 Å². The molecule has 0 atom stereocenters. The first-order chi connectivity index (χ1) is 17.5. The number of H-pyrrole nitrogens is 1. The molecule has 8 heteroatoms. The van der Waals surface area contributed by atoms with Crippen LogP contribution in [0, 0.1) is 0 Å². The Kier molecular flexibility index (Phi) is 6.01. The predicted molar refractivity (Wildman–Crippen MR) is 144 cm³/mol. The van der Waals surface area contributed by atoms with Gasteiger partial charge in [-0.3, -0.25) is 9.55 Å². The maximum absolute atomic E-state index is 12.7. The van der Waals surface area contributed by atoms with Crippen LogP contribution in [0.25, 0.3) is 33.1 Å². The van der Waals surface area contributed by atoms with Crippen molar-refractivity contribution >= 4 is 27.8 Å². The molecule has 0 saturated carbocycles. The lowest BCUT2D eigenvalue weighted by atomic mass is 9.93. The fraction of sp³-hybridized carbons (Fsp3) is 0.464. The number of imidazole rings is 1. The van der Waals surface area contributed by atoms with E-state index in [1.807, 2.05) is 13.2 Å². The molecule has 1 aromatic carbocycles. The number of ether oxygens (including phenoxy) is 1. The lowest BCUT2D eigenvalue weighted by Crippen LogP contribution is -2.42. The van der Waals surface area contributed by atoms with Crippen molar-refractivity contribution < 1.29 is 4.74 Å². The van der Waals surface area contributed by atoms with E-state index in [0.717, 1.165) is 96.6 Å². The number of nitrogens with zero attached hydrogens (tertiary/aromatic N) is 5. The number of pyridine rings is 2. The number of hydrogen-bond acceptors (Lipinski definition) is 6. The zero-order valence-electron chi connectivity index (χ0n) is 21.3. The molecule has 8 nitrogen and oxygen atoms in total. The molecular weight excluding hydrogens is 452 g/mol. The summed E-state index contributed by atoms with van der Waals surface area (Å²) in [5.41, 5.74) is 5.70. The van der Waals surface area contributed by atoms with Gasteiger partial charge in [0.05, 0.1) is 22.2 Å². The first-order valence-corrected chi connectivity index (χ1v) is 13.0. The molecule has 2 saturated heterocycles. The highest BCUT2D eigenvalue weighted by molar-refractivity contribution is 6.04. The van der Waals surface area contributed by atoms with Gasteiger partial charge >= 0.3 is 5.69 Å². The van der Waals surface area contributed by atoms with Gasteiger partial charge < -0.3 is 19.5 Å². The van der Waals surface area contributed by atoms with Crippen molar-refractivity contribution in [1.29, 1.82) is 0 Å². The summed E-state index contributed by atoms with van der Waals surface area (Å²) in [6, 6.07) is 11.2. The summed E-state index contributed by atoms with van der Waals surface area (Å²) in [6.07, 6.45) is 6.14. The van der Waals surface area contributed by atoms with Crippen molar-refractivity contribution in [2.75, 3.05) is 45.3 Å². The summed E-state index contributed by atoms with van der Waals surface area (Å²) in [5, 5.41) is 0.964. The fourth-order valence-corrected chi connectivity index (χ4v) is 5.82. The Morgan fingerprint density at radius 2 is 1.78 bits per heavy atom. The molecule has 0 amide bonds. The monoisotopic (exact) mass is 486 g/mol. The largest absolute Gasteiger partial charge is 0.381 e. The molecule has 0 aliphatic carbocycles. The van der Waals surface area contributed by atoms with Crippen molar-refractivity contribution in [2.45, 2.75) is 37.6 Å². The van der Waals surface area contributed by atoms with E-state index in [1.165, 1.54) is 0 Å². The number of fused-ring (bicyclic) bond motifs is 3. The molecule has 36 heavy (non-hydrogen) atoms. The predicted octanol–water partition coefficient (Wildman–Crippen LogP) is 3.90. The normalized spacial score (nSPS) is 18.1. The van der Waals surface area contributed by atoms with Gasteiger partial charge in [0.25, 0.3) is 0 Å². The van der Waals surface area contributed by atoms with Gasteiger partial charge in [0.15, 0.2) is 0 Å². The highest BCUT2D eigenvalue weighted by atomic mass is 16.5. The van der Waals surface area contributed by atoms with Crippen LogP contribution >= 0.6 is 0 Å². The highest BCUT2D eigenvalue weighted by Crippen LogP contribution is 2.35. The molecular formula is C28H34N6O2. The van der Waals surface area contributed by atoms with Crippen LogP contribution in [0.4, 0.5) is 5.82 Å². The quantitative estimate of drug-likeness (QED) is 0.471. The van der Waals surface area contributed by atoms with E-state index in [0.29, 0.717) is 12.0 Å². The molecule has 0 unspecified atom stereocenters. The van der Waals surface area contributed by atoms with E-state index in [4.69, 9.17) is 14.7 Å². The van der Waals surface area contributed by atoms with Crippen LogP contribution < -0.4 is 10.6 Å². The second-order valence-corrected chi connectivity index (χ2v) is 10.4. The Bertz CT molecular complexity index is 1440. The van der Waals surface area contributed by atoms with Gasteiger partial charge in [0.1, 0.15) is 5.82 Å². The number of nitrogens with one attached hydrogen (secondary N) is 1. The molecule has 188 valence electrons. The Morgan fingerprint density at radius 3 is 2.47 bits per heavy atom. The van der Waals surface area contributed by atoms with Gasteiger partial charge in [-0.1, -0.05) is 6.07 Å². The first kappa shape index (κ1) is 23.2. The zero-order valence-corrected chi connectivity index (χ0v) is 21.3. The Morgan fingerprint density at radius 1 is 1.03 bits per heavy atom. The molecule has 0 spiro atoms. The van der Waals surface area contributed by atoms with Crippen LogP contribution in [-0.2, 0) is 11.8 Å². The van der Waals surface area contributed by atoms with Gasteiger partial charge in [-0.25, -0.2) is 9.78 Å². The average Bonchev–Trinajstić information content (AvgIpc) is 3.23. The number of aryl methyl sites for hydroxylation is 1. The van der Waals surface area contributed by atoms with Gasteiger partial charge in [-0.2, -0.15) is 0 Å². The molecule has 1 N–H and O–H groups in total. The summed E-state index contributed by atoms with van der Waals surface area (Å²) >= 11 is 0. The third-order valence-corrected chi connectivity index (χ3v) is 8.07. The molecule has 3 aromatic heterocycles. The topological polar surface area (TPSA) is 79.3 Å². The second kappa shape index (κ2) is 9.33. The minimum absolute atomic E-state index is 0.109. The molecule has 5 heterocycles. The van der Waals surface area contributed by atoms with E-state index in [-0.39, 0.29) is 5.69 Å². The van der Waals surface area contributed by atoms with Crippen LogP contribution in [0.2, 0.25) is 0 Å². The third kappa shape index (κ3) is 4.08. The standard InChI is InChI=1S/C28H34N6O2/c1-32(2)21-8-12-34(13-9-21)24-7-5-20(17-29-24)19-4-6-23-22(16-19)26-27(33(3)28(35)31-26)25(30-23)18-10-14-36-15-11-18/h4-7,16-18,21H,8-15H2,1-3H3,(H,31,35). The van der Waals surface area contributed by atoms with Crippen LogP contribution in [0.3, 0.4) is 0 Å². The molecule has 2 fully saturated rings. The smallest absolute Gasteiger partial charge is 0.326 e. The lowest BCUT2D eigenvalue weighted by molar-refractivity contribution is 0.0848. The van der Waals surface area contributed by atoms with Crippen LogP contribution in [0.1, 0.15) is 37.3 Å². The summed E-state index contributed by atoms with van der Waals surface area (Å²) in [4.78, 5) is 30.3. The van der Waals surface area contributed by atoms with E-state index in [2.05, 4.69) is 59.2 Å². The summed E-state index contributed by atoms with van der Waals surface area (Å²) in [5.74, 6) is 1.33. The SMILES string of the molecule is CN(C)C1CCN(c2ccc(-c3ccc4nc(C5CCOCC5)c5c([nH]c(=O)n5C)c4c3)cn2)CC1. The zero-order chi connectivity index (χ0) is 24.8. The number of piperidine rings is 1. The van der Waals surface area contributed by atoms with Gasteiger partial charge in [0, 0.05) is 62.5 Å². The molecule has 0 bridgehead atoms. The fourth-order valence-electron chi connectivity index (χ4n) is 5.82. The number of benzene rings is 1. The summed E-state index contributed by atoms with van der Waals surface area (Å²) < 4.78 is 7.27. The minimum atomic E-state index is -0.109. The van der Waals surface area contributed by atoms with Gasteiger partial charge in [0.2, 0.25) is 0 Å². The summed E-state index contributed by atoms with van der Waals surface area (Å²) in [7, 11) is 6.15.